The second-order valence-electron chi connectivity index (χ2n) is 3.29. The Hall–Kier alpha value is -0.590. The highest BCUT2D eigenvalue weighted by molar-refractivity contribution is 14.1. The van der Waals surface area contributed by atoms with E-state index >= 15 is 0 Å². The van der Waals surface area contributed by atoms with Gasteiger partial charge in [-0.05, 0) is 19.3 Å². The summed E-state index contributed by atoms with van der Waals surface area (Å²) in [5.74, 6) is -0.330. The van der Waals surface area contributed by atoms with E-state index in [4.69, 9.17) is 0 Å². The Kier molecular flexibility index (Phi) is 5.07. The smallest absolute Gasteiger partial charge is 0.332 e. The maximum absolute atomic E-state index is 11.6. The summed E-state index contributed by atoms with van der Waals surface area (Å²) in [7, 11) is 1.34. The molecule has 15 heavy (non-hydrogen) atoms. The van der Waals surface area contributed by atoms with Crippen LogP contribution in [0.2, 0.25) is 0 Å². The van der Waals surface area contributed by atoms with E-state index < -0.39 is 5.97 Å². The van der Waals surface area contributed by atoms with E-state index in [1.165, 1.54) is 13.2 Å². The van der Waals surface area contributed by atoms with Crippen LogP contribution in [0.4, 0.5) is 0 Å². The maximum atomic E-state index is 11.6. The first-order valence-corrected chi connectivity index (χ1v) is 6.36. The first-order valence-electron chi connectivity index (χ1n) is 4.84. The highest BCUT2D eigenvalue weighted by Gasteiger charge is 2.21. The van der Waals surface area contributed by atoms with Gasteiger partial charge < -0.3 is 9.64 Å². The standard InChI is InChI=1S/C10H14INO3/c1-15-10(14)6-8-4-2-3-5-12(8)9(13)7-11/h6H,2-5,7H2,1H3/b8-6+. The van der Waals surface area contributed by atoms with Gasteiger partial charge in [0.25, 0.3) is 0 Å². The van der Waals surface area contributed by atoms with Crippen LogP contribution in [0.5, 0.6) is 0 Å². The van der Waals surface area contributed by atoms with Crippen LogP contribution in [0, 0.1) is 0 Å². The molecule has 4 nitrogen and oxygen atoms in total. The molecule has 1 aliphatic rings. The zero-order chi connectivity index (χ0) is 11.3. The van der Waals surface area contributed by atoms with E-state index in [1.54, 1.807) is 4.90 Å². The zero-order valence-electron chi connectivity index (χ0n) is 8.66. The number of esters is 1. The highest BCUT2D eigenvalue weighted by Crippen LogP contribution is 2.21. The van der Waals surface area contributed by atoms with Crippen LogP contribution in [0.1, 0.15) is 19.3 Å². The number of likely N-dealkylation sites (tertiary alicyclic amines) is 1. The largest absolute Gasteiger partial charge is 0.466 e. The second-order valence-corrected chi connectivity index (χ2v) is 4.06. The van der Waals surface area contributed by atoms with Gasteiger partial charge in [0.1, 0.15) is 0 Å². The summed E-state index contributed by atoms with van der Waals surface area (Å²) in [5.41, 5.74) is 0.787. The number of hydrogen-bond donors (Lipinski definition) is 0. The molecular weight excluding hydrogens is 309 g/mol. The summed E-state index contributed by atoms with van der Waals surface area (Å²) < 4.78 is 5.00. The van der Waals surface area contributed by atoms with Crippen molar-refractivity contribution in [2.24, 2.45) is 0 Å². The van der Waals surface area contributed by atoms with E-state index in [0.29, 0.717) is 11.0 Å². The van der Waals surface area contributed by atoms with E-state index in [-0.39, 0.29) is 5.91 Å². The minimum absolute atomic E-state index is 0.0606. The van der Waals surface area contributed by atoms with Gasteiger partial charge in [0.15, 0.2) is 0 Å². The lowest BCUT2D eigenvalue weighted by Gasteiger charge is -2.29. The number of carbonyl (C=O) groups excluding carboxylic acids is 2. The van der Waals surface area contributed by atoms with Crippen molar-refractivity contribution in [1.29, 1.82) is 0 Å². The number of hydrogen-bond acceptors (Lipinski definition) is 3. The van der Waals surface area contributed by atoms with Crippen LogP contribution in [-0.2, 0) is 14.3 Å². The lowest BCUT2D eigenvalue weighted by atomic mass is 10.1. The molecule has 0 spiro atoms. The molecule has 0 aromatic carbocycles. The fourth-order valence-corrected chi connectivity index (χ4v) is 1.97. The molecule has 1 heterocycles. The summed E-state index contributed by atoms with van der Waals surface area (Å²) in [6.45, 7) is 0.713. The highest BCUT2D eigenvalue weighted by atomic mass is 127. The molecular formula is C10H14INO3. The van der Waals surface area contributed by atoms with Crippen LogP contribution in [0.3, 0.4) is 0 Å². The Morgan fingerprint density at radius 1 is 1.53 bits per heavy atom. The van der Waals surface area contributed by atoms with Crippen molar-refractivity contribution in [1.82, 2.24) is 4.90 Å². The normalized spacial score (nSPS) is 19.1. The lowest BCUT2D eigenvalue weighted by molar-refractivity contribution is -0.135. The van der Waals surface area contributed by atoms with Gasteiger partial charge in [-0.3, -0.25) is 4.79 Å². The third-order valence-corrected chi connectivity index (χ3v) is 2.96. The third-order valence-electron chi connectivity index (χ3n) is 2.31. The molecule has 0 aliphatic carbocycles. The van der Waals surface area contributed by atoms with Crippen molar-refractivity contribution >= 4 is 34.5 Å². The molecule has 1 saturated heterocycles. The quantitative estimate of drug-likeness (QED) is 0.335. The Balaban J connectivity index is 2.78. The number of piperidine rings is 1. The van der Waals surface area contributed by atoms with Crippen LogP contribution in [-0.4, -0.2) is 34.9 Å². The fourth-order valence-electron chi connectivity index (χ4n) is 1.56. The second kappa shape index (κ2) is 6.09. The van der Waals surface area contributed by atoms with Crippen molar-refractivity contribution in [3.05, 3.63) is 11.8 Å². The summed E-state index contributed by atoms with van der Waals surface area (Å²) in [6.07, 6.45) is 4.22. The fraction of sp³-hybridized carbons (Fsp3) is 0.600. The van der Waals surface area contributed by atoms with Crippen molar-refractivity contribution in [2.75, 3.05) is 18.1 Å². The molecule has 0 bridgehead atoms. The molecule has 0 aromatic rings. The van der Waals surface area contributed by atoms with Gasteiger partial charge in [-0.1, -0.05) is 22.6 Å². The molecule has 0 unspecified atom stereocenters. The molecule has 1 rings (SSSR count). The van der Waals surface area contributed by atoms with Crippen molar-refractivity contribution in [3.63, 3.8) is 0 Å². The average molecular weight is 323 g/mol. The molecule has 1 amide bonds. The van der Waals surface area contributed by atoms with Gasteiger partial charge >= 0.3 is 5.97 Å². The number of alkyl halides is 1. The minimum atomic E-state index is -0.391. The zero-order valence-corrected chi connectivity index (χ0v) is 10.8. The van der Waals surface area contributed by atoms with Gasteiger partial charge in [-0.15, -0.1) is 0 Å². The number of halogens is 1. The van der Waals surface area contributed by atoms with Crippen LogP contribution in [0.25, 0.3) is 0 Å². The van der Waals surface area contributed by atoms with E-state index in [2.05, 4.69) is 4.74 Å². The van der Waals surface area contributed by atoms with Crippen molar-refractivity contribution < 1.29 is 14.3 Å². The number of amides is 1. The first kappa shape index (κ1) is 12.5. The van der Waals surface area contributed by atoms with Crippen LogP contribution >= 0.6 is 22.6 Å². The average Bonchev–Trinajstić information content (AvgIpc) is 2.28. The molecule has 1 fully saturated rings. The summed E-state index contributed by atoms with van der Waals surface area (Å²) in [6, 6.07) is 0. The third kappa shape index (κ3) is 3.48. The maximum Gasteiger partial charge on any atom is 0.332 e. The Bertz CT molecular complexity index is 288. The summed E-state index contributed by atoms with van der Waals surface area (Å²) in [4.78, 5) is 24.4. The van der Waals surface area contributed by atoms with Gasteiger partial charge in [-0.2, -0.15) is 0 Å². The molecule has 0 radical (unpaired) electrons. The number of allylic oxidation sites excluding steroid dienone is 1. The Morgan fingerprint density at radius 3 is 2.87 bits per heavy atom. The Morgan fingerprint density at radius 2 is 2.27 bits per heavy atom. The molecule has 0 saturated carbocycles. The van der Waals surface area contributed by atoms with E-state index in [9.17, 15) is 9.59 Å². The topological polar surface area (TPSA) is 46.6 Å². The molecule has 0 aromatic heterocycles. The summed E-state index contributed by atoms with van der Waals surface area (Å²) in [5, 5.41) is 0. The van der Waals surface area contributed by atoms with Crippen LogP contribution in [0.15, 0.2) is 11.8 Å². The van der Waals surface area contributed by atoms with Gasteiger partial charge in [-0.25, -0.2) is 4.79 Å². The predicted octanol–water partition coefficient (Wildman–Crippen LogP) is 1.49. The van der Waals surface area contributed by atoms with Crippen molar-refractivity contribution in [3.8, 4) is 0 Å². The van der Waals surface area contributed by atoms with Crippen molar-refractivity contribution in [2.45, 2.75) is 19.3 Å². The monoisotopic (exact) mass is 323 g/mol. The van der Waals surface area contributed by atoms with E-state index in [1.807, 2.05) is 22.6 Å². The van der Waals surface area contributed by atoms with Gasteiger partial charge in [0.05, 0.1) is 11.5 Å². The lowest BCUT2D eigenvalue weighted by Crippen LogP contribution is -2.35. The molecule has 5 heteroatoms. The molecule has 1 aliphatic heterocycles. The number of rotatable bonds is 2. The summed E-state index contributed by atoms with van der Waals surface area (Å²) >= 11 is 2.03. The number of nitrogens with zero attached hydrogens (tertiary/aromatic N) is 1. The van der Waals surface area contributed by atoms with Gasteiger partial charge in [0, 0.05) is 18.3 Å². The SMILES string of the molecule is COC(=O)/C=C1\CCCCN1C(=O)CI. The Labute approximate surface area is 103 Å². The first-order chi connectivity index (χ1) is 7.19. The number of ether oxygens (including phenoxy) is 1. The minimum Gasteiger partial charge on any atom is -0.466 e. The number of carbonyl (C=O) groups is 2. The van der Waals surface area contributed by atoms with Gasteiger partial charge in [0.2, 0.25) is 5.91 Å². The predicted molar refractivity (Wildman–Crippen MR) is 64.6 cm³/mol. The molecule has 84 valence electrons. The van der Waals surface area contributed by atoms with Crippen LogP contribution < -0.4 is 0 Å². The molecule has 0 atom stereocenters. The number of methoxy groups -OCH3 is 1. The van der Waals surface area contributed by atoms with E-state index in [0.717, 1.165) is 25.0 Å². The molecule has 0 N–H and O–H groups in total.